The van der Waals surface area contributed by atoms with E-state index in [-0.39, 0.29) is 24.2 Å². The molecule has 3 rings (SSSR count). The minimum Gasteiger partial charge on any atom is -0.508 e. The summed E-state index contributed by atoms with van der Waals surface area (Å²) in [5.41, 5.74) is 13.8. The third kappa shape index (κ3) is 8.52. The number of phenols is 1. The van der Waals surface area contributed by atoms with Crippen LogP contribution in [0.4, 0.5) is 0 Å². The number of nitrogens with one attached hydrogen (secondary N) is 2. The molecule has 4 amide bonds. The number of carbonyl (C=O) groups is 4. The van der Waals surface area contributed by atoms with Crippen molar-refractivity contribution in [1.82, 2.24) is 15.5 Å². The van der Waals surface area contributed by atoms with Crippen LogP contribution in [0.2, 0.25) is 0 Å². The molecule has 4 atom stereocenters. The van der Waals surface area contributed by atoms with Gasteiger partial charge in [-0.05, 0) is 42.2 Å². The van der Waals surface area contributed by atoms with Crippen molar-refractivity contribution in [3.05, 3.63) is 114 Å². The summed E-state index contributed by atoms with van der Waals surface area (Å²) in [6.07, 6.45) is 0.356. The molecule has 0 fully saturated rings. The zero-order valence-electron chi connectivity index (χ0n) is 23.7. The Morgan fingerprint density at radius 1 is 0.833 bits per heavy atom. The normalized spacial score (nSPS) is 13.6. The molecule has 10 heteroatoms. The molecular formula is C32H37N5O5. The van der Waals surface area contributed by atoms with Crippen molar-refractivity contribution in [2.75, 3.05) is 7.05 Å². The van der Waals surface area contributed by atoms with Crippen LogP contribution in [0.25, 0.3) is 0 Å². The number of rotatable bonds is 13. The van der Waals surface area contributed by atoms with Gasteiger partial charge in [0, 0.05) is 19.0 Å². The molecule has 0 radical (unpaired) electrons. The van der Waals surface area contributed by atoms with Gasteiger partial charge < -0.3 is 32.1 Å². The van der Waals surface area contributed by atoms with E-state index in [0.717, 1.165) is 11.1 Å². The molecule has 0 aromatic heterocycles. The van der Waals surface area contributed by atoms with E-state index in [1.807, 2.05) is 30.3 Å². The summed E-state index contributed by atoms with van der Waals surface area (Å²) < 4.78 is 0. The maximum absolute atomic E-state index is 13.6. The second-order valence-electron chi connectivity index (χ2n) is 10.1. The van der Waals surface area contributed by atoms with E-state index in [0.29, 0.717) is 5.56 Å². The van der Waals surface area contributed by atoms with Gasteiger partial charge in [-0.1, -0.05) is 79.4 Å². The Hall–Kier alpha value is -4.96. The molecule has 0 aliphatic rings. The molecule has 10 nitrogen and oxygen atoms in total. The maximum Gasteiger partial charge on any atom is 0.246 e. The van der Waals surface area contributed by atoms with Gasteiger partial charge in [0.05, 0.1) is 12.1 Å². The molecule has 42 heavy (non-hydrogen) atoms. The molecule has 0 aliphatic carbocycles. The van der Waals surface area contributed by atoms with Crippen LogP contribution in [-0.2, 0) is 32.0 Å². The summed E-state index contributed by atoms with van der Waals surface area (Å²) in [7, 11) is 1.47. The third-order valence-corrected chi connectivity index (χ3v) is 7.02. The van der Waals surface area contributed by atoms with Crippen molar-refractivity contribution in [3.8, 4) is 5.75 Å². The molecule has 0 heterocycles. The number of amides is 4. The quantitative estimate of drug-likeness (QED) is 0.196. The Labute approximate surface area is 245 Å². The van der Waals surface area contributed by atoms with Crippen molar-refractivity contribution >= 4 is 23.6 Å². The first-order valence-corrected chi connectivity index (χ1v) is 13.5. The zero-order chi connectivity index (χ0) is 30.8. The van der Waals surface area contributed by atoms with Gasteiger partial charge in [0.1, 0.15) is 17.8 Å². The van der Waals surface area contributed by atoms with E-state index < -0.39 is 47.8 Å². The lowest BCUT2D eigenvalue weighted by molar-refractivity contribution is -0.140. The maximum atomic E-state index is 13.6. The molecule has 1 unspecified atom stereocenters. The minimum atomic E-state index is -1.05. The van der Waals surface area contributed by atoms with Gasteiger partial charge in [-0.25, -0.2) is 0 Å². The number of primary amides is 1. The molecule has 3 aromatic rings. The summed E-state index contributed by atoms with van der Waals surface area (Å²) >= 11 is 0. The number of benzene rings is 3. The topological polar surface area (TPSA) is 168 Å². The van der Waals surface area contributed by atoms with Crippen molar-refractivity contribution in [1.29, 1.82) is 0 Å². The van der Waals surface area contributed by atoms with Gasteiger partial charge in [-0.2, -0.15) is 0 Å². The summed E-state index contributed by atoms with van der Waals surface area (Å²) in [5, 5.41) is 15.0. The highest BCUT2D eigenvalue weighted by molar-refractivity contribution is 5.96. The highest BCUT2D eigenvalue weighted by Crippen LogP contribution is 2.21. The SMILES string of the molecule is C=C(C(N)=O)C(NC(=O)[C@H](Cc1ccccc1)NC(=O)[C@@H](C)N(C)C(=O)[C@@H](N)Cc1ccc(O)cc1)c1ccccc1. The molecule has 0 bridgehead atoms. The number of hydrogen-bond donors (Lipinski definition) is 5. The number of phenolic OH excluding ortho intramolecular Hbond substituents is 1. The molecule has 0 saturated heterocycles. The van der Waals surface area contributed by atoms with Gasteiger partial charge >= 0.3 is 0 Å². The van der Waals surface area contributed by atoms with Gasteiger partial charge in [0.2, 0.25) is 23.6 Å². The minimum absolute atomic E-state index is 0.0133. The fraction of sp³-hybridized carbons (Fsp3) is 0.250. The van der Waals surface area contributed by atoms with Crippen LogP contribution >= 0.6 is 0 Å². The number of aromatic hydroxyl groups is 1. The van der Waals surface area contributed by atoms with Gasteiger partial charge in [-0.3, -0.25) is 19.2 Å². The Balaban J connectivity index is 1.77. The molecule has 3 aromatic carbocycles. The van der Waals surface area contributed by atoms with E-state index in [1.54, 1.807) is 49.4 Å². The van der Waals surface area contributed by atoms with Gasteiger partial charge in [0.15, 0.2) is 0 Å². The summed E-state index contributed by atoms with van der Waals surface area (Å²) in [5.74, 6) is -2.26. The van der Waals surface area contributed by atoms with Gasteiger partial charge in [0.25, 0.3) is 0 Å². The van der Waals surface area contributed by atoms with E-state index in [1.165, 1.54) is 24.1 Å². The van der Waals surface area contributed by atoms with Crippen LogP contribution in [0.3, 0.4) is 0 Å². The first-order chi connectivity index (χ1) is 20.0. The Kier molecular flexibility index (Phi) is 11.0. The van der Waals surface area contributed by atoms with Crippen molar-refractivity contribution < 1.29 is 24.3 Å². The molecular weight excluding hydrogens is 534 g/mol. The second kappa shape index (κ2) is 14.6. The van der Waals surface area contributed by atoms with Crippen LogP contribution < -0.4 is 22.1 Å². The highest BCUT2D eigenvalue weighted by atomic mass is 16.3. The lowest BCUT2D eigenvalue weighted by Gasteiger charge is -2.29. The van der Waals surface area contributed by atoms with E-state index in [9.17, 15) is 24.3 Å². The van der Waals surface area contributed by atoms with E-state index in [2.05, 4.69) is 17.2 Å². The van der Waals surface area contributed by atoms with Crippen molar-refractivity contribution in [2.24, 2.45) is 11.5 Å². The van der Waals surface area contributed by atoms with Crippen molar-refractivity contribution in [2.45, 2.75) is 43.9 Å². The number of nitrogens with zero attached hydrogens (tertiary/aromatic N) is 1. The number of likely N-dealkylation sites (N-methyl/N-ethyl adjacent to an activating group) is 1. The third-order valence-electron chi connectivity index (χ3n) is 7.02. The molecule has 0 aliphatic heterocycles. The Morgan fingerprint density at radius 2 is 1.38 bits per heavy atom. The molecule has 0 spiro atoms. The predicted molar refractivity (Wildman–Crippen MR) is 160 cm³/mol. The van der Waals surface area contributed by atoms with Crippen LogP contribution in [0.1, 0.15) is 29.7 Å². The highest BCUT2D eigenvalue weighted by Gasteiger charge is 2.31. The second-order valence-corrected chi connectivity index (χ2v) is 10.1. The summed E-state index contributed by atoms with van der Waals surface area (Å²) in [6, 6.07) is 20.4. The van der Waals surface area contributed by atoms with Crippen LogP contribution in [-0.4, -0.2) is 58.8 Å². The lowest BCUT2D eigenvalue weighted by atomic mass is 9.98. The molecule has 7 N–H and O–H groups in total. The van der Waals surface area contributed by atoms with Gasteiger partial charge in [-0.15, -0.1) is 0 Å². The fourth-order valence-corrected chi connectivity index (χ4v) is 4.36. The van der Waals surface area contributed by atoms with Crippen LogP contribution in [0.15, 0.2) is 97.1 Å². The Morgan fingerprint density at radius 3 is 1.95 bits per heavy atom. The molecule has 220 valence electrons. The average Bonchev–Trinajstić information content (AvgIpc) is 2.99. The van der Waals surface area contributed by atoms with Crippen molar-refractivity contribution in [3.63, 3.8) is 0 Å². The summed E-state index contributed by atoms with van der Waals surface area (Å²) in [6.45, 7) is 5.31. The zero-order valence-corrected chi connectivity index (χ0v) is 23.7. The standard InChI is InChI=1S/C32H37N5O5/c1-20(29(34)39)28(24-12-8-5-9-13-24)36-31(41)27(19-22-10-6-4-7-11-22)35-30(40)21(2)37(3)32(42)26(33)18-23-14-16-25(38)17-15-23/h4-17,21,26-28,38H,1,18-19,33H2,2-3H3,(H2,34,39)(H,35,40)(H,36,41)/t21-,26+,27+,28?/m1/s1. The number of carbonyl (C=O) groups excluding carboxylic acids is 4. The smallest absolute Gasteiger partial charge is 0.246 e. The Bertz CT molecular complexity index is 1400. The van der Waals surface area contributed by atoms with Crippen LogP contribution in [0, 0.1) is 0 Å². The summed E-state index contributed by atoms with van der Waals surface area (Å²) in [4.78, 5) is 53.3. The largest absolute Gasteiger partial charge is 0.508 e. The van der Waals surface area contributed by atoms with E-state index in [4.69, 9.17) is 11.5 Å². The van der Waals surface area contributed by atoms with E-state index >= 15 is 0 Å². The number of nitrogens with two attached hydrogens (primary N) is 2. The lowest BCUT2D eigenvalue weighted by Crippen LogP contribution is -2.56. The predicted octanol–water partition coefficient (Wildman–Crippen LogP) is 1.74. The molecule has 0 saturated carbocycles. The first kappa shape index (κ1) is 31.6. The van der Waals surface area contributed by atoms with Crippen LogP contribution in [0.5, 0.6) is 5.75 Å². The number of hydrogen-bond acceptors (Lipinski definition) is 6. The fourth-order valence-electron chi connectivity index (χ4n) is 4.36. The first-order valence-electron chi connectivity index (χ1n) is 13.5. The average molecular weight is 572 g/mol. The monoisotopic (exact) mass is 571 g/mol.